The van der Waals surface area contributed by atoms with Gasteiger partial charge in [-0.2, -0.15) is 0 Å². The van der Waals surface area contributed by atoms with Gasteiger partial charge in [-0.3, -0.25) is 9.69 Å². The van der Waals surface area contributed by atoms with Crippen molar-refractivity contribution >= 4 is 33.6 Å². The standard InChI is InChI=1S/C20H30BrN5O2/c1-2-22-19(27)15-24-8-10-25(11-9-24)20(28)23-13-16-6-7-26(14-16)18-5-3-4-17(21)12-18/h3-5,12,16H,2,6-11,13-15H2,1H3,(H,22,27)(H,23,28). The first kappa shape index (κ1) is 20.9. The predicted octanol–water partition coefficient (Wildman–Crippen LogP) is 1.74. The number of hydrogen-bond donors (Lipinski definition) is 2. The number of nitrogens with one attached hydrogen (secondary N) is 2. The van der Waals surface area contributed by atoms with E-state index in [0.717, 1.165) is 37.1 Å². The van der Waals surface area contributed by atoms with Crippen LogP contribution in [0, 0.1) is 5.92 Å². The van der Waals surface area contributed by atoms with E-state index in [1.165, 1.54) is 5.69 Å². The van der Waals surface area contributed by atoms with Crippen molar-refractivity contribution in [1.82, 2.24) is 20.4 Å². The minimum atomic E-state index is 0.0126. The Morgan fingerprint density at radius 1 is 1.14 bits per heavy atom. The van der Waals surface area contributed by atoms with Gasteiger partial charge in [-0.05, 0) is 37.5 Å². The molecule has 2 aliphatic rings. The number of amides is 3. The zero-order valence-electron chi connectivity index (χ0n) is 16.5. The smallest absolute Gasteiger partial charge is 0.317 e. The summed E-state index contributed by atoms with van der Waals surface area (Å²) in [6.07, 6.45) is 1.09. The molecule has 2 saturated heterocycles. The molecule has 154 valence electrons. The van der Waals surface area contributed by atoms with Crippen LogP contribution < -0.4 is 15.5 Å². The Bertz CT molecular complexity index is 678. The predicted molar refractivity (Wildman–Crippen MR) is 115 cm³/mol. The van der Waals surface area contributed by atoms with Crippen LogP contribution in [-0.4, -0.2) is 80.6 Å². The average Bonchev–Trinajstić information content (AvgIpc) is 3.16. The van der Waals surface area contributed by atoms with Gasteiger partial charge in [0.25, 0.3) is 0 Å². The van der Waals surface area contributed by atoms with E-state index in [0.29, 0.717) is 38.6 Å². The molecule has 1 atom stereocenters. The van der Waals surface area contributed by atoms with E-state index < -0.39 is 0 Å². The van der Waals surface area contributed by atoms with E-state index in [2.05, 4.69) is 54.6 Å². The summed E-state index contributed by atoms with van der Waals surface area (Å²) in [6.45, 7) is 8.51. The average molecular weight is 452 g/mol. The van der Waals surface area contributed by atoms with Crippen LogP contribution in [-0.2, 0) is 4.79 Å². The van der Waals surface area contributed by atoms with E-state index in [9.17, 15) is 9.59 Å². The molecule has 1 aromatic rings. The summed E-state index contributed by atoms with van der Waals surface area (Å²) >= 11 is 3.53. The summed E-state index contributed by atoms with van der Waals surface area (Å²) in [5.74, 6) is 0.526. The number of halogens is 1. The molecule has 0 aliphatic carbocycles. The van der Waals surface area contributed by atoms with Crippen molar-refractivity contribution in [3.63, 3.8) is 0 Å². The summed E-state index contributed by atoms with van der Waals surface area (Å²) < 4.78 is 1.09. The molecule has 0 spiro atoms. The van der Waals surface area contributed by atoms with Gasteiger partial charge < -0.3 is 20.4 Å². The topological polar surface area (TPSA) is 67.9 Å². The Morgan fingerprint density at radius 3 is 2.64 bits per heavy atom. The van der Waals surface area contributed by atoms with Crippen molar-refractivity contribution in [2.45, 2.75) is 13.3 Å². The van der Waals surface area contributed by atoms with Crippen molar-refractivity contribution in [1.29, 1.82) is 0 Å². The highest BCUT2D eigenvalue weighted by Crippen LogP contribution is 2.25. The van der Waals surface area contributed by atoms with Crippen LogP contribution in [0.25, 0.3) is 0 Å². The summed E-state index contributed by atoms with van der Waals surface area (Å²) in [7, 11) is 0. The molecule has 2 heterocycles. The number of likely N-dealkylation sites (N-methyl/N-ethyl adjacent to an activating group) is 1. The number of rotatable bonds is 6. The van der Waals surface area contributed by atoms with Gasteiger partial charge in [0.15, 0.2) is 0 Å². The van der Waals surface area contributed by atoms with Crippen LogP contribution in [0.4, 0.5) is 10.5 Å². The molecular weight excluding hydrogens is 422 g/mol. The largest absolute Gasteiger partial charge is 0.371 e. The number of nitrogens with zero attached hydrogens (tertiary/aromatic N) is 3. The second-order valence-corrected chi connectivity index (χ2v) is 8.40. The minimum absolute atomic E-state index is 0.0126. The Hall–Kier alpha value is -1.80. The number of piperazine rings is 1. The lowest BCUT2D eigenvalue weighted by molar-refractivity contribution is -0.122. The maximum atomic E-state index is 12.5. The van der Waals surface area contributed by atoms with Crippen LogP contribution in [0.5, 0.6) is 0 Å². The third-order valence-electron chi connectivity index (χ3n) is 5.40. The first-order valence-corrected chi connectivity index (χ1v) is 10.9. The fourth-order valence-corrected chi connectivity index (χ4v) is 4.20. The third kappa shape index (κ3) is 5.85. The van der Waals surface area contributed by atoms with Gasteiger partial charge in [0.2, 0.25) is 5.91 Å². The SMILES string of the molecule is CCNC(=O)CN1CCN(C(=O)NCC2CCN(c3cccc(Br)c3)C2)CC1. The van der Waals surface area contributed by atoms with Gasteiger partial charge in [-0.15, -0.1) is 0 Å². The molecular formula is C20H30BrN5O2. The van der Waals surface area contributed by atoms with Crippen LogP contribution in [0.1, 0.15) is 13.3 Å². The molecule has 1 unspecified atom stereocenters. The zero-order chi connectivity index (χ0) is 19.9. The number of urea groups is 1. The Kier molecular flexibility index (Phi) is 7.56. The molecule has 8 heteroatoms. The molecule has 2 N–H and O–H groups in total. The van der Waals surface area contributed by atoms with Gasteiger partial charge in [-0.25, -0.2) is 4.79 Å². The molecule has 28 heavy (non-hydrogen) atoms. The van der Waals surface area contributed by atoms with Gasteiger partial charge in [0, 0.05) is 62.5 Å². The number of carbonyl (C=O) groups excluding carboxylic acids is 2. The number of anilines is 1. The quantitative estimate of drug-likeness (QED) is 0.690. The molecule has 2 fully saturated rings. The van der Waals surface area contributed by atoms with Crippen molar-refractivity contribution in [3.8, 4) is 0 Å². The van der Waals surface area contributed by atoms with E-state index in [4.69, 9.17) is 0 Å². The number of benzene rings is 1. The van der Waals surface area contributed by atoms with Crippen molar-refractivity contribution < 1.29 is 9.59 Å². The summed E-state index contributed by atoms with van der Waals surface area (Å²) in [6, 6.07) is 8.37. The molecule has 0 bridgehead atoms. The molecule has 2 aliphatic heterocycles. The Balaban J connectivity index is 1.37. The van der Waals surface area contributed by atoms with E-state index >= 15 is 0 Å². The molecule has 3 amide bonds. The first-order chi connectivity index (χ1) is 13.5. The summed E-state index contributed by atoms with van der Waals surface area (Å²) in [5, 5.41) is 5.92. The highest BCUT2D eigenvalue weighted by Gasteiger charge is 2.26. The van der Waals surface area contributed by atoms with Crippen molar-refractivity contribution in [3.05, 3.63) is 28.7 Å². The number of carbonyl (C=O) groups is 2. The normalized spacial score (nSPS) is 20.3. The van der Waals surface area contributed by atoms with Crippen molar-refractivity contribution in [2.75, 3.05) is 63.8 Å². The highest BCUT2D eigenvalue weighted by atomic mass is 79.9. The maximum Gasteiger partial charge on any atom is 0.317 e. The van der Waals surface area contributed by atoms with Gasteiger partial charge in [0.1, 0.15) is 0 Å². The lowest BCUT2D eigenvalue weighted by Crippen LogP contribution is -2.53. The fraction of sp³-hybridized carbons (Fsp3) is 0.600. The van der Waals surface area contributed by atoms with E-state index in [1.54, 1.807) is 0 Å². The summed E-state index contributed by atoms with van der Waals surface area (Å²) in [4.78, 5) is 30.5. The molecule has 0 aromatic heterocycles. The van der Waals surface area contributed by atoms with Crippen LogP contribution in [0.2, 0.25) is 0 Å². The summed E-state index contributed by atoms with van der Waals surface area (Å²) in [5.41, 5.74) is 1.23. The van der Waals surface area contributed by atoms with Crippen LogP contribution >= 0.6 is 15.9 Å². The third-order valence-corrected chi connectivity index (χ3v) is 5.90. The zero-order valence-corrected chi connectivity index (χ0v) is 18.1. The second-order valence-electron chi connectivity index (χ2n) is 7.48. The second kappa shape index (κ2) is 10.1. The molecule has 0 radical (unpaired) electrons. The van der Waals surface area contributed by atoms with Crippen LogP contribution in [0.15, 0.2) is 28.7 Å². The van der Waals surface area contributed by atoms with E-state index in [-0.39, 0.29) is 11.9 Å². The van der Waals surface area contributed by atoms with Gasteiger partial charge in [-0.1, -0.05) is 22.0 Å². The Morgan fingerprint density at radius 2 is 1.93 bits per heavy atom. The van der Waals surface area contributed by atoms with Gasteiger partial charge in [0.05, 0.1) is 6.54 Å². The van der Waals surface area contributed by atoms with Gasteiger partial charge >= 0.3 is 6.03 Å². The first-order valence-electron chi connectivity index (χ1n) is 10.1. The Labute approximate surface area is 175 Å². The molecule has 1 aromatic carbocycles. The minimum Gasteiger partial charge on any atom is -0.371 e. The van der Waals surface area contributed by atoms with Crippen LogP contribution in [0.3, 0.4) is 0 Å². The monoisotopic (exact) mass is 451 g/mol. The lowest BCUT2D eigenvalue weighted by Gasteiger charge is -2.34. The van der Waals surface area contributed by atoms with Crippen molar-refractivity contribution in [2.24, 2.45) is 5.92 Å². The molecule has 0 saturated carbocycles. The molecule has 3 rings (SSSR count). The highest BCUT2D eigenvalue weighted by molar-refractivity contribution is 9.10. The lowest BCUT2D eigenvalue weighted by atomic mass is 10.1. The van der Waals surface area contributed by atoms with E-state index in [1.807, 2.05) is 17.9 Å². The number of hydrogen-bond acceptors (Lipinski definition) is 4. The maximum absolute atomic E-state index is 12.5. The molecule has 7 nitrogen and oxygen atoms in total. The fourth-order valence-electron chi connectivity index (χ4n) is 3.82.